The third kappa shape index (κ3) is 5.39. The second-order valence-corrected chi connectivity index (χ2v) is 5.78. The van der Waals surface area contributed by atoms with E-state index in [2.05, 4.69) is 10.2 Å². The van der Waals surface area contributed by atoms with Crippen molar-refractivity contribution in [2.75, 3.05) is 43.6 Å². The van der Waals surface area contributed by atoms with Crippen LogP contribution in [0.1, 0.15) is 26.5 Å². The molecule has 8 nitrogen and oxygen atoms in total. The van der Waals surface area contributed by atoms with Gasteiger partial charge in [-0.05, 0) is 24.3 Å². The number of nitrogens with two attached hydrogens (primary N) is 1. The fraction of sp³-hybridized carbons (Fsp3) is 0.333. The summed E-state index contributed by atoms with van der Waals surface area (Å²) in [4.78, 5) is 26.7. The van der Waals surface area contributed by atoms with Gasteiger partial charge in [-0.3, -0.25) is 4.79 Å². The average molecular weight is 432 g/mol. The van der Waals surface area contributed by atoms with Crippen LogP contribution in [0.15, 0.2) is 34.9 Å². The van der Waals surface area contributed by atoms with Gasteiger partial charge in [0.25, 0.3) is 5.91 Å². The number of carbonyl (C=O) groups is 2. The van der Waals surface area contributed by atoms with Crippen molar-refractivity contribution >= 4 is 48.1 Å². The minimum Gasteiger partial charge on any atom is -0.467 e. The number of nitrogens with zero attached hydrogens (tertiary/aromatic N) is 1. The van der Waals surface area contributed by atoms with Gasteiger partial charge in [0, 0.05) is 18.8 Å². The summed E-state index contributed by atoms with van der Waals surface area (Å²) in [7, 11) is 1.30. The molecule has 3 rings (SSSR count). The zero-order valence-corrected chi connectivity index (χ0v) is 16.9. The molecule has 154 valence electrons. The Morgan fingerprint density at radius 1 is 1.21 bits per heavy atom. The van der Waals surface area contributed by atoms with E-state index in [-0.39, 0.29) is 36.9 Å². The summed E-state index contributed by atoms with van der Waals surface area (Å²) >= 11 is 0. The molecule has 1 aromatic heterocycles. The maximum Gasteiger partial charge on any atom is 0.340 e. The molecule has 0 bridgehead atoms. The van der Waals surface area contributed by atoms with Gasteiger partial charge in [0.15, 0.2) is 0 Å². The van der Waals surface area contributed by atoms with Gasteiger partial charge < -0.3 is 29.8 Å². The van der Waals surface area contributed by atoms with Crippen molar-refractivity contribution < 1.29 is 23.5 Å². The fourth-order valence-electron chi connectivity index (χ4n) is 2.74. The van der Waals surface area contributed by atoms with Gasteiger partial charge in [-0.1, -0.05) is 0 Å². The molecule has 1 amide bonds. The Morgan fingerprint density at radius 3 is 2.54 bits per heavy atom. The molecule has 0 saturated carbocycles. The van der Waals surface area contributed by atoms with Crippen molar-refractivity contribution in [2.24, 2.45) is 5.73 Å². The molecule has 1 aliphatic heterocycles. The number of methoxy groups -OCH3 is 1. The Morgan fingerprint density at radius 2 is 1.93 bits per heavy atom. The summed E-state index contributed by atoms with van der Waals surface area (Å²) in [6.45, 7) is 2.95. The number of ether oxygens (including phenoxy) is 2. The molecule has 10 heteroatoms. The van der Waals surface area contributed by atoms with Crippen molar-refractivity contribution in [3.05, 3.63) is 47.4 Å². The lowest BCUT2D eigenvalue weighted by molar-refractivity contribution is 0.0602. The number of rotatable bonds is 5. The second-order valence-electron chi connectivity index (χ2n) is 5.78. The van der Waals surface area contributed by atoms with Crippen molar-refractivity contribution in [3.63, 3.8) is 0 Å². The number of furan rings is 1. The first kappa shape index (κ1) is 23.8. The standard InChI is InChI=1S/C18H21N3O5.2ClH/c1-24-18(23)15-9-13(21-4-6-25-7-5-21)2-3-16(15)20-17(22)12-8-14(10-19)26-11-12;;/h2-3,8-9,11H,4-7,10,19H2,1H3,(H,20,22);2*1H. The molecule has 2 heterocycles. The minimum absolute atomic E-state index is 0. The van der Waals surface area contributed by atoms with Gasteiger partial charge >= 0.3 is 5.97 Å². The van der Waals surface area contributed by atoms with E-state index in [4.69, 9.17) is 19.6 Å². The number of amides is 1. The fourth-order valence-corrected chi connectivity index (χ4v) is 2.74. The van der Waals surface area contributed by atoms with E-state index in [1.807, 2.05) is 6.07 Å². The number of hydrogen-bond donors (Lipinski definition) is 2. The molecule has 0 aliphatic carbocycles. The van der Waals surface area contributed by atoms with Crippen molar-refractivity contribution in [2.45, 2.75) is 6.54 Å². The Labute approximate surface area is 175 Å². The SMILES string of the molecule is COC(=O)c1cc(N2CCOCC2)ccc1NC(=O)c1coc(CN)c1.Cl.Cl. The van der Waals surface area contributed by atoms with E-state index >= 15 is 0 Å². The van der Waals surface area contributed by atoms with E-state index in [1.165, 1.54) is 13.4 Å². The van der Waals surface area contributed by atoms with Gasteiger partial charge in [-0.25, -0.2) is 4.79 Å². The lowest BCUT2D eigenvalue weighted by atomic mass is 10.1. The van der Waals surface area contributed by atoms with Crippen molar-refractivity contribution in [3.8, 4) is 0 Å². The smallest absolute Gasteiger partial charge is 0.340 e. The number of anilines is 2. The van der Waals surface area contributed by atoms with Crippen LogP contribution in [0.25, 0.3) is 0 Å². The molecule has 1 aliphatic rings. The van der Waals surface area contributed by atoms with Crippen LogP contribution >= 0.6 is 24.8 Å². The van der Waals surface area contributed by atoms with Crippen LogP contribution in [-0.2, 0) is 16.0 Å². The summed E-state index contributed by atoms with van der Waals surface area (Å²) in [6, 6.07) is 6.83. The van der Waals surface area contributed by atoms with E-state index in [0.29, 0.717) is 30.2 Å². The van der Waals surface area contributed by atoms with Crippen molar-refractivity contribution in [1.82, 2.24) is 0 Å². The summed E-state index contributed by atoms with van der Waals surface area (Å²) in [5.74, 6) is -0.408. The topological polar surface area (TPSA) is 107 Å². The van der Waals surface area contributed by atoms with Gasteiger partial charge in [0.1, 0.15) is 12.0 Å². The molecule has 2 aromatic rings. The third-order valence-electron chi connectivity index (χ3n) is 4.15. The Kier molecular flexibility index (Phi) is 9.27. The monoisotopic (exact) mass is 431 g/mol. The lowest BCUT2D eigenvalue weighted by Crippen LogP contribution is -2.36. The number of esters is 1. The average Bonchev–Trinajstić information content (AvgIpc) is 3.18. The Hall–Kier alpha value is -2.26. The van der Waals surface area contributed by atoms with E-state index in [0.717, 1.165) is 18.8 Å². The third-order valence-corrected chi connectivity index (χ3v) is 4.15. The highest BCUT2D eigenvalue weighted by atomic mass is 35.5. The molecule has 0 spiro atoms. The Bertz CT molecular complexity index is 806. The summed E-state index contributed by atoms with van der Waals surface area (Å²) in [6.07, 6.45) is 1.33. The van der Waals surface area contributed by atoms with E-state index in [1.54, 1.807) is 18.2 Å². The number of halogens is 2. The highest BCUT2D eigenvalue weighted by Crippen LogP contribution is 2.25. The molecule has 0 radical (unpaired) electrons. The summed E-state index contributed by atoms with van der Waals surface area (Å²) in [5.41, 5.74) is 7.35. The number of nitrogens with one attached hydrogen (secondary N) is 1. The van der Waals surface area contributed by atoms with Crippen LogP contribution < -0.4 is 16.0 Å². The maximum atomic E-state index is 12.4. The second kappa shape index (κ2) is 10.9. The number of hydrogen-bond acceptors (Lipinski definition) is 7. The van der Waals surface area contributed by atoms with Gasteiger partial charge in [0.2, 0.25) is 0 Å². The lowest BCUT2D eigenvalue weighted by Gasteiger charge is -2.29. The predicted molar refractivity (Wildman–Crippen MR) is 110 cm³/mol. The Balaban J connectivity index is 0.00000196. The predicted octanol–water partition coefficient (Wildman–Crippen LogP) is 2.46. The normalized spacial score (nSPS) is 13.1. The van der Waals surface area contributed by atoms with Crippen LogP contribution in [0.3, 0.4) is 0 Å². The minimum atomic E-state index is -0.523. The number of carbonyl (C=O) groups excluding carboxylic acids is 2. The van der Waals surface area contributed by atoms with Crippen LogP contribution in [0, 0.1) is 0 Å². The zero-order valence-electron chi connectivity index (χ0n) is 15.3. The first-order valence-electron chi connectivity index (χ1n) is 8.26. The van der Waals surface area contributed by atoms with Gasteiger partial charge in [0.05, 0.1) is 43.7 Å². The maximum absolute atomic E-state index is 12.4. The number of morpholine rings is 1. The molecule has 28 heavy (non-hydrogen) atoms. The van der Waals surface area contributed by atoms with E-state index in [9.17, 15) is 9.59 Å². The quantitative estimate of drug-likeness (QED) is 0.699. The molecular weight excluding hydrogens is 409 g/mol. The van der Waals surface area contributed by atoms with Crippen molar-refractivity contribution in [1.29, 1.82) is 0 Å². The van der Waals surface area contributed by atoms with Gasteiger partial charge in [-0.2, -0.15) is 0 Å². The van der Waals surface area contributed by atoms with Gasteiger partial charge in [-0.15, -0.1) is 24.8 Å². The molecule has 1 aromatic carbocycles. The van der Waals surface area contributed by atoms with Crippen LogP contribution in [0.5, 0.6) is 0 Å². The zero-order chi connectivity index (χ0) is 18.5. The molecule has 1 fully saturated rings. The first-order valence-corrected chi connectivity index (χ1v) is 8.26. The van der Waals surface area contributed by atoms with Crippen LogP contribution in [0.2, 0.25) is 0 Å². The number of benzene rings is 1. The highest BCUT2D eigenvalue weighted by molar-refractivity contribution is 6.08. The molecular formula is C18H23Cl2N3O5. The molecule has 1 saturated heterocycles. The van der Waals surface area contributed by atoms with E-state index < -0.39 is 11.9 Å². The molecule has 0 unspecified atom stereocenters. The summed E-state index contributed by atoms with van der Waals surface area (Å²) < 4.78 is 15.4. The summed E-state index contributed by atoms with van der Waals surface area (Å²) in [5, 5.41) is 2.73. The molecule has 3 N–H and O–H groups in total. The van der Waals surface area contributed by atoms with Crippen LogP contribution in [0.4, 0.5) is 11.4 Å². The molecule has 0 atom stereocenters. The largest absolute Gasteiger partial charge is 0.467 e. The highest BCUT2D eigenvalue weighted by Gasteiger charge is 2.19. The first-order chi connectivity index (χ1) is 12.6. The van der Waals surface area contributed by atoms with Crippen LogP contribution in [-0.4, -0.2) is 45.3 Å².